The SMILES string of the molecule is CC(C)n1nc(CO)c2c1CCNC2. The van der Waals surface area contributed by atoms with E-state index in [1.54, 1.807) is 0 Å². The van der Waals surface area contributed by atoms with E-state index in [4.69, 9.17) is 0 Å². The van der Waals surface area contributed by atoms with Crippen molar-refractivity contribution in [3.05, 3.63) is 17.0 Å². The Morgan fingerprint density at radius 1 is 1.57 bits per heavy atom. The van der Waals surface area contributed by atoms with E-state index in [2.05, 4.69) is 24.3 Å². The maximum atomic E-state index is 9.19. The Hall–Kier alpha value is -0.870. The second-order valence-corrected chi connectivity index (χ2v) is 4.00. The lowest BCUT2D eigenvalue weighted by Gasteiger charge is -2.17. The predicted octanol–water partition coefficient (Wildman–Crippen LogP) is 0.602. The first-order valence-electron chi connectivity index (χ1n) is 5.14. The summed E-state index contributed by atoms with van der Waals surface area (Å²) in [6.07, 6.45) is 1.01. The minimum Gasteiger partial charge on any atom is -0.390 e. The number of hydrogen-bond acceptors (Lipinski definition) is 3. The lowest BCUT2D eigenvalue weighted by atomic mass is 10.1. The van der Waals surface area contributed by atoms with Crippen LogP contribution >= 0.6 is 0 Å². The number of nitrogens with one attached hydrogen (secondary N) is 1. The van der Waals surface area contributed by atoms with E-state index in [1.165, 1.54) is 11.3 Å². The van der Waals surface area contributed by atoms with E-state index in [0.717, 1.165) is 25.2 Å². The van der Waals surface area contributed by atoms with Crippen LogP contribution in [0.2, 0.25) is 0 Å². The van der Waals surface area contributed by atoms with Crippen LogP contribution in [0.1, 0.15) is 36.8 Å². The Balaban J connectivity index is 2.46. The van der Waals surface area contributed by atoms with Crippen LogP contribution in [-0.2, 0) is 19.6 Å². The fraction of sp³-hybridized carbons (Fsp3) is 0.700. The average Bonchev–Trinajstić information content (AvgIpc) is 2.56. The number of rotatable bonds is 2. The van der Waals surface area contributed by atoms with E-state index in [1.807, 2.05) is 4.68 Å². The molecule has 2 heterocycles. The molecule has 14 heavy (non-hydrogen) atoms. The standard InChI is InChI=1S/C10H17N3O/c1-7(2)13-10-3-4-11-5-8(10)9(6-14)12-13/h7,11,14H,3-6H2,1-2H3. The quantitative estimate of drug-likeness (QED) is 0.726. The van der Waals surface area contributed by atoms with Crippen LogP contribution in [0.15, 0.2) is 0 Å². The smallest absolute Gasteiger partial charge is 0.0926 e. The van der Waals surface area contributed by atoms with E-state index in [-0.39, 0.29) is 6.61 Å². The molecule has 1 aliphatic heterocycles. The highest BCUT2D eigenvalue weighted by Gasteiger charge is 2.20. The second-order valence-electron chi connectivity index (χ2n) is 4.00. The molecule has 0 aromatic carbocycles. The van der Waals surface area contributed by atoms with Gasteiger partial charge in [0.25, 0.3) is 0 Å². The van der Waals surface area contributed by atoms with Gasteiger partial charge in [-0.05, 0) is 13.8 Å². The van der Waals surface area contributed by atoms with Gasteiger partial charge >= 0.3 is 0 Å². The lowest BCUT2D eigenvalue weighted by molar-refractivity contribution is 0.273. The summed E-state index contributed by atoms with van der Waals surface area (Å²) in [4.78, 5) is 0. The van der Waals surface area contributed by atoms with Gasteiger partial charge < -0.3 is 10.4 Å². The first kappa shape index (κ1) is 9.68. The zero-order valence-corrected chi connectivity index (χ0v) is 8.75. The van der Waals surface area contributed by atoms with Crippen LogP contribution in [0.3, 0.4) is 0 Å². The fourth-order valence-corrected chi connectivity index (χ4v) is 2.00. The van der Waals surface area contributed by atoms with Crippen LogP contribution in [0.4, 0.5) is 0 Å². The largest absolute Gasteiger partial charge is 0.390 e. The van der Waals surface area contributed by atoms with Crippen molar-refractivity contribution in [2.24, 2.45) is 0 Å². The summed E-state index contributed by atoms with van der Waals surface area (Å²) in [7, 11) is 0. The molecule has 0 fully saturated rings. The minimum absolute atomic E-state index is 0.0454. The monoisotopic (exact) mass is 195 g/mol. The third kappa shape index (κ3) is 1.44. The van der Waals surface area contributed by atoms with Crippen molar-refractivity contribution in [3.63, 3.8) is 0 Å². The van der Waals surface area contributed by atoms with Gasteiger partial charge in [0, 0.05) is 36.8 Å². The molecule has 1 aromatic heterocycles. The molecule has 0 saturated carbocycles. The molecule has 0 radical (unpaired) electrons. The van der Waals surface area contributed by atoms with E-state index in [9.17, 15) is 5.11 Å². The van der Waals surface area contributed by atoms with Crippen LogP contribution in [-0.4, -0.2) is 21.4 Å². The Bertz CT molecular complexity index is 330. The number of aliphatic hydroxyl groups is 1. The number of nitrogens with zero attached hydrogens (tertiary/aromatic N) is 2. The van der Waals surface area contributed by atoms with Gasteiger partial charge in [-0.1, -0.05) is 0 Å². The molecule has 0 aliphatic carbocycles. The zero-order chi connectivity index (χ0) is 10.1. The van der Waals surface area contributed by atoms with Crippen molar-refractivity contribution >= 4 is 0 Å². The van der Waals surface area contributed by atoms with Gasteiger partial charge in [-0.2, -0.15) is 5.10 Å². The topological polar surface area (TPSA) is 50.1 Å². The molecule has 0 atom stereocenters. The van der Waals surface area contributed by atoms with Crippen LogP contribution < -0.4 is 5.32 Å². The van der Waals surface area contributed by atoms with Gasteiger partial charge in [0.2, 0.25) is 0 Å². The molecule has 0 bridgehead atoms. The fourth-order valence-electron chi connectivity index (χ4n) is 2.00. The normalized spacial score (nSPS) is 16.0. The molecule has 4 nitrogen and oxygen atoms in total. The van der Waals surface area contributed by atoms with E-state index in [0.29, 0.717) is 6.04 Å². The first-order chi connectivity index (χ1) is 6.74. The number of hydrogen-bond donors (Lipinski definition) is 2. The zero-order valence-electron chi connectivity index (χ0n) is 8.75. The van der Waals surface area contributed by atoms with Gasteiger partial charge in [0.15, 0.2) is 0 Å². The summed E-state index contributed by atoms with van der Waals surface area (Å²) < 4.78 is 2.04. The van der Waals surface area contributed by atoms with Crippen molar-refractivity contribution in [2.45, 2.75) is 39.5 Å². The predicted molar refractivity (Wildman–Crippen MR) is 53.9 cm³/mol. The molecule has 0 spiro atoms. The van der Waals surface area contributed by atoms with Crippen LogP contribution in [0, 0.1) is 0 Å². The van der Waals surface area contributed by atoms with Gasteiger partial charge in [0.1, 0.15) is 0 Å². The van der Waals surface area contributed by atoms with Crippen molar-refractivity contribution < 1.29 is 5.11 Å². The van der Waals surface area contributed by atoms with Gasteiger partial charge in [0.05, 0.1) is 12.3 Å². The van der Waals surface area contributed by atoms with Crippen molar-refractivity contribution in [3.8, 4) is 0 Å². The van der Waals surface area contributed by atoms with Crippen LogP contribution in [0.25, 0.3) is 0 Å². The lowest BCUT2D eigenvalue weighted by Crippen LogP contribution is -2.25. The number of aromatic nitrogens is 2. The third-order valence-electron chi connectivity index (χ3n) is 2.68. The molecule has 1 aromatic rings. The maximum absolute atomic E-state index is 9.19. The van der Waals surface area contributed by atoms with Gasteiger partial charge in [-0.15, -0.1) is 0 Å². The first-order valence-corrected chi connectivity index (χ1v) is 5.14. The van der Waals surface area contributed by atoms with Crippen LogP contribution in [0.5, 0.6) is 0 Å². The molecule has 0 unspecified atom stereocenters. The second kappa shape index (κ2) is 3.71. The summed E-state index contributed by atoms with van der Waals surface area (Å²) in [5.74, 6) is 0. The van der Waals surface area contributed by atoms with Gasteiger partial charge in [-0.25, -0.2) is 0 Å². The van der Waals surface area contributed by atoms with E-state index >= 15 is 0 Å². The molecule has 78 valence electrons. The number of fused-ring (bicyclic) bond motifs is 1. The highest BCUT2D eigenvalue weighted by atomic mass is 16.3. The minimum atomic E-state index is 0.0454. The van der Waals surface area contributed by atoms with Crippen molar-refractivity contribution in [2.75, 3.05) is 6.54 Å². The van der Waals surface area contributed by atoms with E-state index < -0.39 is 0 Å². The molecule has 2 rings (SSSR count). The third-order valence-corrected chi connectivity index (χ3v) is 2.68. The van der Waals surface area contributed by atoms with Crippen molar-refractivity contribution in [1.82, 2.24) is 15.1 Å². The number of aliphatic hydroxyl groups excluding tert-OH is 1. The Labute approximate surface area is 83.9 Å². The Kier molecular flexibility index (Phi) is 2.56. The Morgan fingerprint density at radius 2 is 2.36 bits per heavy atom. The maximum Gasteiger partial charge on any atom is 0.0926 e. The summed E-state index contributed by atoms with van der Waals surface area (Å²) >= 11 is 0. The average molecular weight is 195 g/mol. The molecule has 4 heteroatoms. The molecular formula is C10H17N3O. The molecular weight excluding hydrogens is 178 g/mol. The summed E-state index contributed by atoms with van der Waals surface area (Å²) in [6.45, 7) is 6.14. The molecule has 1 aliphatic rings. The summed E-state index contributed by atoms with van der Waals surface area (Å²) in [5, 5.41) is 16.9. The van der Waals surface area contributed by atoms with Gasteiger partial charge in [-0.3, -0.25) is 4.68 Å². The highest BCUT2D eigenvalue weighted by Crippen LogP contribution is 2.21. The highest BCUT2D eigenvalue weighted by molar-refractivity contribution is 5.28. The van der Waals surface area contributed by atoms with Crippen molar-refractivity contribution in [1.29, 1.82) is 0 Å². The molecule has 0 amide bonds. The molecule has 2 N–H and O–H groups in total. The summed E-state index contributed by atoms with van der Waals surface area (Å²) in [6, 6.07) is 0.377. The summed E-state index contributed by atoms with van der Waals surface area (Å²) in [5.41, 5.74) is 3.33. The molecule has 0 saturated heterocycles. The Morgan fingerprint density at radius 3 is 3.00 bits per heavy atom.